The normalized spacial score (nSPS) is 14.5. The Morgan fingerprint density at radius 2 is 1.88 bits per heavy atom. The minimum Gasteiger partial charge on any atom is -0.489 e. The van der Waals surface area contributed by atoms with E-state index >= 15 is 0 Å². The Kier molecular flexibility index (Phi) is 6.15. The van der Waals surface area contributed by atoms with Crippen LogP contribution in [-0.4, -0.2) is 42.1 Å². The molecule has 4 aromatic rings. The molecule has 2 aromatic carbocycles. The number of carbonyl (C=O) groups is 1. The van der Waals surface area contributed by atoms with E-state index in [1.54, 1.807) is 0 Å². The smallest absolute Gasteiger partial charge is 0.293 e. The number of aromatic nitrogens is 1. The maximum atomic E-state index is 13.1. The van der Waals surface area contributed by atoms with Gasteiger partial charge in [0.25, 0.3) is 5.91 Å². The number of morpholine rings is 1. The van der Waals surface area contributed by atoms with E-state index in [0.717, 1.165) is 49.7 Å². The lowest BCUT2D eigenvalue weighted by molar-refractivity contribution is 0.0337. The van der Waals surface area contributed by atoms with Crippen molar-refractivity contribution in [2.24, 2.45) is 0 Å². The van der Waals surface area contributed by atoms with Crippen LogP contribution in [-0.2, 0) is 17.9 Å². The van der Waals surface area contributed by atoms with Crippen molar-refractivity contribution in [2.45, 2.75) is 13.2 Å². The number of hydrogen-bond acceptors (Lipinski definition) is 7. The fraction of sp³-hybridized carbons (Fsp3) is 0.250. The molecule has 0 saturated carbocycles. The average molecular weight is 450 g/mol. The molecule has 8 heteroatoms. The van der Waals surface area contributed by atoms with Gasteiger partial charge in [0, 0.05) is 36.0 Å². The van der Waals surface area contributed by atoms with Gasteiger partial charge in [-0.2, -0.15) is 0 Å². The third-order valence-electron chi connectivity index (χ3n) is 5.29. The summed E-state index contributed by atoms with van der Waals surface area (Å²) in [5, 5.41) is 6.28. The molecular weight excluding hydrogens is 426 g/mol. The number of nitrogens with one attached hydrogen (secondary N) is 1. The number of fused-ring (bicyclic) bond motifs is 1. The quantitative estimate of drug-likeness (QED) is 0.446. The SMILES string of the molecule is O=C(Nc1nc(CN2CCOCC2)cs1)c1oc2ccccc2c1COc1ccccc1. The van der Waals surface area contributed by atoms with Gasteiger partial charge in [0.05, 0.1) is 18.9 Å². The minimum atomic E-state index is -0.333. The van der Waals surface area contributed by atoms with E-state index in [1.807, 2.05) is 60.0 Å². The monoisotopic (exact) mass is 449 g/mol. The van der Waals surface area contributed by atoms with Crippen molar-refractivity contribution in [3.63, 3.8) is 0 Å². The lowest BCUT2D eigenvalue weighted by Gasteiger charge is -2.25. The molecular formula is C24H23N3O4S. The second-order valence-corrected chi connectivity index (χ2v) is 8.35. The first-order valence-corrected chi connectivity index (χ1v) is 11.4. The number of hydrogen-bond donors (Lipinski definition) is 1. The van der Waals surface area contributed by atoms with Gasteiger partial charge in [0.1, 0.15) is 17.9 Å². The summed E-state index contributed by atoms with van der Waals surface area (Å²) in [4.78, 5) is 20.0. The number of carbonyl (C=O) groups excluding carboxylic acids is 1. The molecule has 0 unspecified atom stereocenters. The Morgan fingerprint density at radius 1 is 1.09 bits per heavy atom. The van der Waals surface area contributed by atoms with E-state index in [4.69, 9.17) is 13.9 Å². The molecule has 1 amide bonds. The summed E-state index contributed by atoms with van der Waals surface area (Å²) in [5.41, 5.74) is 2.30. The van der Waals surface area contributed by atoms with Gasteiger partial charge in [-0.1, -0.05) is 36.4 Å². The number of anilines is 1. The van der Waals surface area contributed by atoms with Crippen LogP contribution >= 0.6 is 11.3 Å². The maximum Gasteiger partial charge on any atom is 0.293 e. The zero-order chi connectivity index (χ0) is 21.8. The molecule has 7 nitrogen and oxygen atoms in total. The molecule has 1 aliphatic heterocycles. The van der Waals surface area contributed by atoms with Crippen molar-refractivity contribution in [1.29, 1.82) is 0 Å². The van der Waals surface area contributed by atoms with Crippen LogP contribution < -0.4 is 10.1 Å². The predicted molar refractivity (Wildman–Crippen MR) is 123 cm³/mol. The van der Waals surface area contributed by atoms with Crippen LogP contribution in [0.2, 0.25) is 0 Å². The highest BCUT2D eigenvalue weighted by molar-refractivity contribution is 7.14. The molecule has 0 spiro atoms. The first kappa shape index (κ1) is 20.7. The Bertz CT molecular complexity index is 1200. The lowest BCUT2D eigenvalue weighted by atomic mass is 10.1. The summed E-state index contributed by atoms with van der Waals surface area (Å²) in [6, 6.07) is 17.1. The van der Waals surface area contributed by atoms with Gasteiger partial charge >= 0.3 is 0 Å². The fourth-order valence-electron chi connectivity index (χ4n) is 3.68. The molecule has 0 bridgehead atoms. The number of amides is 1. The Balaban J connectivity index is 1.33. The lowest BCUT2D eigenvalue weighted by Crippen LogP contribution is -2.35. The highest BCUT2D eigenvalue weighted by atomic mass is 32.1. The third kappa shape index (κ3) is 4.67. The second kappa shape index (κ2) is 9.52. The highest BCUT2D eigenvalue weighted by Crippen LogP contribution is 2.28. The Morgan fingerprint density at radius 3 is 2.72 bits per heavy atom. The number of rotatable bonds is 7. The van der Waals surface area contributed by atoms with Gasteiger partial charge in [-0.15, -0.1) is 11.3 Å². The molecule has 0 atom stereocenters. The number of benzene rings is 2. The van der Waals surface area contributed by atoms with E-state index in [1.165, 1.54) is 11.3 Å². The van der Waals surface area contributed by atoms with Gasteiger partial charge < -0.3 is 13.9 Å². The molecule has 1 aliphatic rings. The summed E-state index contributed by atoms with van der Waals surface area (Å²) in [6.07, 6.45) is 0. The summed E-state index contributed by atoms with van der Waals surface area (Å²) in [6.45, 7) is 4.24. The molecule has 5 rings (SSSR count). The van der Waals surface area contributed by atoms with E-state index in [-0.39, 0.29) is 18.3 Å². The van der Waals surface area contributed by atoms with Gasteiger partial charge in [-0.25, -0.2) is 4.98 Å². The second-order valence-electron chi connectivity index (χ2n) is 7.49. The van der Waals surface area contributed by atoms with Crippen molar-refractivity contribution in [3.8, 4) is 5.75 Å². The van der Waals surface area contributed by atoms with Crippen LogP contribution in [0.3, 0.4) is 0 Å². The van der Waals surface area contributed by atoms with Crippen LogP contribution in [0.15, 0.2) is 64.4 Å². The van der Waals surface area contributed by atoms with Crippen molar-refractivity contribution in [1.82, 2.24) is 9.88 Å². The van der Waals surface area contributed by atoms with Crippen molar-refractivity contribution >= 4 is 33.3 Å². The summed E-state index contributed by atoms with van der Waals surface area (Å²) in [7, 11) is 0. The number of nitrogens with zero attached hydrogens (tertiary/aromatic N) is 2. The van der Waals surface area contributed by atoms with Crippen LogP contribution in [0.25, 0.3) is 11.0 Å². The van der Waals surface area contributed by atoms with E-state index in [0.29, 0.717) is 16.3 Å². The molecule has 1 N–H and O–H groups in total. The maximum absolute atomic E-state index is 13.1. The standard InChI is InChI=1S/C24H23N3O4S/c28-23(26-24-25-17(16-32-24)14-27-10-12-29-13-11-27)22-20(15-30-18-6-2-1-3-7-18)19-8-4-5-9-21(19)31-22/h1-9,16H,10-15H2,(H,25,26,28). The van der Waals surface area contributed by atoms with Crippen LogP contribution in [0, 0.1) is 0 Å². The minimum absolute atomic E-state index is 0.226. The summed E-state index contributed by atoms with van der Waals surface area (Å²) in [5.74, 6) is 0.643. The number of ether oxygens (including phenoxy) is 2. The first-order valence-electron chi connectivity index (χ1n) is 10.5. The van der Waals surface area contributed by atoms with Crippen molar-refractivity contribution < 1.29 is 18.7 Å². The molecule has 1 fully saturated rings. The number of furan rings is 1. The summed E-state index contributed by atoms with van der Waals surface area (Å²) >= 11 is 1.41. The van der Waals surface area contributed by atoms with Crippen LogP contribution in [0.5, 0.6) is 5.75 Å². The molecule has 32 heavy (non-hydrogen) atoms. The number of para-hydroxylation sites is 2. The van der Waals surface area contributed by atoms with E-state index in [2.05, 4.69) is 15.2 Å². The largest absolute Gasteiger partial charge is 0.489 e. The molecule has 0 aliphatic carbocycles. The first-order chi connectivity index (χ1) is 15.8. The predicted octanol–water partition coefficient (Wildman–Crippen LogP) is 4.55. The van der Waals surface area contributed by atoms with Crippen LogP contribution in [0.4, 0.5) is 5.13 Å². The van der Waals surface area contributed by atoms with Gasteiger partial charge in [0.15, 0.2) is 10.9 Å². The molecule has 1 saturated heterocycles. The van der Waals surface area contributed by atoms with Crippen molar-refractivity contribution in [2.75, 3.05) is 31.6 Å². The molecule has 0 radical (unpaired) electrons. The zero-order valence-corrected chi connectivity index (χ0v) is 18.3. The average Bonchev–Trinajstić information content (AvgIpc) is 3.43. The third-order valence-corrected chi connectivity index (χ3v) is 6.10. The fourth-order valence-corrected chi connectivity index (χ4v) is 4.37. The topological polar surface area (TPSA) is 76.8 Å². The van der Waals surface area contributed by atoms with E-state index in [9.17, 15) is 4.79 Å². The summed E-state index contributed by atoms with van der Waals surface area (Å²) < 4.78 is 17.2. The zero-order valence-electron chi connectivity index (χ0n) is 17.5. The highest BCUT2D eigenvalue weighted by Gasteiger charge is 2.22. The molecule has 2 aromatic heterocycles. The number of thiazole rings is 1. The molecule has 164 valence electrons. The van der Waals surface area contributed by atoms with Gasteiger partial charge in [-0.3, -0.25) is 15.0 Å². The van der Waals surface area contributed by atoms with Gasteiger partial charge in [-0.05, 0) is 18.2 Å². The Labute approximate surface area is 189 Å². The van der Waals surface area contributed by atoms with Crippen LogP contribution in [0.1, 0.15) is 21.8 Å². The van der Waals surface area contributed by atoms with Crippen molar-refractivity contribution in [3.05, 3.63) is 77.0 Å². The molecule has 3 heterocycles. The van der Waals surface area contributed by atoms with E-state index < -0.39 is 0 Å². The Hall–Kier alpha value is -3.20. The van der Waals surface area contributed by atoms with Gasteiger partial charge in [0.2, 0.25) is 0 Å².